The summed E-state index contributed by atoms with van der Waals surface area (Å²) in [6.45, 7) is 3.18. The molecule has 1 amide bonds. The van der Waals surface area contributed by atoms with Crippen LogP contribution in [0.3, 0.4) is 0 Å². The Morgan fingerprint density at radius 2 is 1.50 bits per heavy atom. The molecule has 0 spiro atoms. The lowest BCUT2D eigenvalue weighted by Crippen LogP contribution is -2.49. The summed E-state index contributed by atoms with van der Waals surface area (Å²) in [5.74, 6) is 1.38. The number of fused-ring (bicyclic) bond motifs is 2. The summed E-state index contributed by atoms with van der Waals surface area (Å²) in [6.07, 6.45) is 1.79. The quantitative estimate of drug-likeness (QED) is 0.661. The lowest BCUT2D eigenvalue weighted by atomic mass is 9.94. The number of rotatable bonds is 5. The second kappa shape index (κ2) is 8.10. The van der Waals surface area contributed by atoms with E-state index in [1.807, 2.05) is 18.2 Å². The van der Waals surface area contributed by atoms with E-state index in [2.05, 4.69) is 81.8 Å². The highest BCUT2D eigenvalue weighted by molar-refractivity contribution is 5.90. The predicted molar refractivity (Wildman–Crippen MR) is 128 cm³/mol. The van der Waals surface area contributed by atoms with Gasteiger partial charge in [-0.15, -0.1) is 0 Å². The summed E-state index contributed by atoms with van der Waals surface area (Å²) >= 11 is 0. The van der Waals surface area contributed by atoms with Crippen LogP contribution in [0.2, 0.25) is 0 Å². The van der Waals surface area contributed by atoms with Crippen molar-refractivity contribution in [1.82, 2.24) is 10.2 Å². The summed E-state index contributed by atoms with van der Waals surface area (Å²) in [5, 5.41) is 3.43. The first kappa shape index (κ1) is 19.6. The fraction of sp³-hybridized carbons (Fsp3) is 0.321. The lowest BCUT2D eigenvalue weighted by molar-refractivity contribution is -0.122. The van der Waals surface area contributed by atoms with Crippen molar-refractivity contribution in [3.63, 3.8) is 0 Å². The largest absolute Gasteiger partial charge is 0.351 e. The van der Waals surface area contributed by atoms with Crippen LogP contribution in [0.5, 0.6) is 0 Å². The number of carbonyl (C=O) groups is 1. The molecule has 3 aromatic carbocycles. The molecule has 1 N–H and O–H groups in total. The maximum atomic E-state index is 13.5. The van der Waals surface area contributed by atoms with Gasteiger partial charge in [0.05, 0.1) is 0 Å². The molecular formula is C28H29N3O. The number of para-hydroxylation sites is 2. The van der Waals surface area contributed by atoms with Crippen molar-refractivity contribution in [2.45, 2.75) is 31.5 Å². The van der Waals surface area contributed by atoms with Crippen LogP contribution in [-0.4, -0.2) is 36.0 Å². The number of hydrogen-bond acceptors (Lipinski definition) is 3. The zero-order valence-corrected chi connectivity index (χ0v) is 18.2. The number of likely N-dealkylation sites (tertiary alicyclic amines) is 1. The zero-order valence-electron chi connectivity index (χ0n) is 18.2. The highest BCUT2D eigenvalue weighted by atomic mass is 16.2. The van der Waals surface area contributed by atoms with Gasteiger partial charge >= 0.3 is 0 Å². The molecule has 3 aliphatic rings. The fourth-order valence-electron chi connectivity index (χ4n) is 5.76. The first-order chi connectivity index (χ1) is 15.8. The van der Waals surface area contributed by atoms with E-state index < -0.39 is 0 Å². The van der Waals surface area contributed by atoms with Gasteiger partial charge in [0, 0.05) is 37.1 Å². The van der Waals surface area contributed by atoms with E-state index in [0.29, 0.717) is 17.9 Å². The number of aryl methyl sites for hydroxylation is 1. The molecule has 6 rings (SSSR count). The monoisotopic (exact) mass is 423 g/mol. The Morgan fingerprint density at radius 1 is 0.844 bits per heavy atom. The molecule has 4 nitrogen and oxygen atoms in total. The van der Waals surface area contributed by atoms with Crippen molar-refractivity contribution in [3.8, 4) is 0 Å². The summed E-state index contributed by atoms with van der Waals surface area (Å²) in [6, 6.07) is 29.7. The molecule has 0 radical (unpaired) electrons. The molecule has 162 valence electrons. The van der Waals surface area contributed by atoms with Crippen molar-refractivity contribution in [3.05, 3.63) is 96.1 Å². The van der Waals surface area contributed by atoms with Gasteiger partial charge in [-0.1, -0.05) is 66.7 Å². The third-order valence-electron chi connectivity index (χ3n) is 7.41. The van der Waals surface area contributed by atoms with Crippen molar-refractivity contribution in [2.75, 3.05) is 18.0 Å². The third kappa shape index (κ3) is 3.59. The van der Waals surface area contributed by atoms with E-state index in [4.69, 9.17) is 0 Å². The number of piperidine rings is 1. The molecule has 0 aromatic heterocycles. The van der Waals surface area contributed by atoms with E-state index >= 15 is 0 Å². The lowest BCUT2D eigenvalue weighted by Gasteiger charge is -2.38. The van der Waals surface area contributed by atoms with Gasteiger partial charge in [-0.05, 0) is 54.0 Å². The minimum absolute atomic E-state index is 0.158. The molecule has 3 aromatic rings. The molecule has 4 heteroatoms. The topological polar surface area (TPSA) is 35.6 Å². The molecular weight excluding hydrogens is 394 g/mol. The highest BCUT2D eigenvalue weighted by Crippen LogP contribution is 2.46. The number of nitrogens with one attached hydrogen (secondary N) is 1. The Hall–Kier alpha value is -3.11. The van der Waals surface area contributed by atoms with Gasteiger partial charge in [0.2, 0.25) is 5.91 Å². The second-order valence-corrected chi connectivity index (χ2v) is 9.43. The molecule has 3 unspecified atom stereocenters. The molecule has 2 aliphatic heterocycles. The standard InChI is InChI=1S/C28H29N3O/c32-28(29-27-23-18-30(19-24(23)27)17-20-9-3-1-4-10-20)26-16-15-21-11-7-8-14-25(21)31(26)22-12-5-2-6-13-22/h1-14,23-24,26-27H,15-19H2,(H,29,32). The van der Waals surface area contributed by atoms with Gasteiger partial charge in [0.25, 0.3) is 0 Å². The van der Waals surface area contributed by atoms with E-state index in [0.717, 1.165) is 43.9 Å². The van der Waals surface area contributed by atoms with Crippen LogP contribution in [0, 0.1) is 11.8 Å². The van der Waals surface area contributed by atoms with E-state index in [1.54, 1.807) is 0 Å². The van der Waals surface area contributed by atoms with Crippen LogP contribution in [0.25, 0.3) is 0 Å². The molecule has 2 fully saturated rings. The number of benzene rings is 3. The first-order valence-electron chi connectivity index (χ1n) is 11.8. The fourth-order valence-corrected chi connectivity index (χ4v) is 5.76. The summed E-state index contributed by atoms with van der Waals surface area (Å²) < 4.78 is 0. The Balaban J connectivity index is 1.14. The van der Waals surface area contributed by atoms with Gasteiger partial charge < -0.3 is 10.2 Å². The summed E-state index contributed by atoms with van der Waals surface area (Å²) in [4.78, 5) is 18.3. The van der Waals surface area contributed by atoms with E-state index in [9.17, 15) is 4.79 Å². The van der Waals surface area contributed by atoms with Gasteiger partial charge in [0.15, 0.2) is 0 Å². The number of carbonyl (C=O) groups excluding carboxylic acids is 1. The van der Waals surface area contributed by atoms with Crippen molar-refractivity contribution in [2.24, 2.45) is 11.8 Å². The molecule has 0 bridgehead atoms. The Kier molecular flexibility index (Phi) is 4.95. The molecule has 1 aliphatic carbocycles. The zero-order chi connectivity index (χ0) is 21.5. The van der Waals surface area contributed by atoms with Crippen molar-refractivity contribution in [1.29, 1.82) is 0 Å². The number of amides is 1. The average molecular weight is 424 g/mol. The molecule has 32 heavy (non-hydrogen) atoms. The Morgan fingerprint density at radius 3 is 2.25 bits per heavy atom. The average Bonchev–Trinajstić information content (AvgIpc) is 3.27. The molecule has 3 atom stereocenters. The minimum Gasteiger partial charge on any atom is -0.351 e. The maximum Gasteiger partial charge on any atom is 0.243 e. The van der Waals surface area contributed by atoms with Crippen LogP contribution in [-0.2, 0) is 17.8 Å². The van der Waals surface area contributed by atoms with Gasteiger partial charge in [-0.3, -0.25) is 9.69 Å². The normalized spacial score (nSPS) is 26.3. The predicted octanol–water partition coefficient (Wildman–Crippen LogP) is 4.39. The Labute approximate surface area is 189 Å². The molecule has 2 heterocycles. The smallest absolute Gasteiger partial charge is 0.243 e. The van der Waals surface area contributed by atoms with Crippen LogP contribution in [0.15, 0.2) is 84.9 Å². The molecule has 1 saturated carbocycles. The van der Waals surface area contributed by atoms with Gasteiger partial charge in [0.1, 0.15) is 6.04 Å². The minimum atomic E-state index is -0.158. The molecule has 1 saturated heterocycles. The third-order valence-corrected chi connectivity index (χ3v) is 7.41. The van der Waals surface area contributed by atoms with Crippen LogP contribution >= 0.6 is 0 Å². The number of nitrogens with zero attached hydrogens (tertiary/aromatic N) is 2. The summed E-state index contributed by atoms with van der Waals surface area (Å²) in [5.41, 5.74) is 4.94. The SMILES string of the molecule is O=C(NC1C2CN(Cc3ccccc3)CC21)C1CCc2ccccc2N1c1ccccc1. The van der Waals surface area contributed by atoms with E-state index in [-0.39, 0.29) is 11.9 Å². The summed E-state index contributed by atoms with van der Waals surface area (Å²) in [7, 11) is 0. The Bertz CT molecular complexity index is 1090. The van der Waals surface area contributed by atoms with Crippen molar-refractivity contribution < 1.29 is 4.79 Å². The second-order valence-electron chi connectivity index (χ2n) is 9.43. The van der Waals surface area contributed by atoms with Crippen molar-refractivity contribution >= 4 is 17.3 Å². The van der Waals surface area contributed by atoms with Gasteiger partial charge in [-0.2, -0.15) is 0 Å². The maximum absolute atomic E-state index is 13.5. The van der Waals surface area contributed by atoms with Crippen LogP contribution in [0.1, 0.15) is 17.5 Å². The van der Waals surface area contributed by atoms with Gasteiger partial charge in [-0.25, -0.2) is 0 Å². The number of hydrogen-bond donors (Lipinski definition) is 1. The van der Waals surface area contributed by atoms with Crippen LogP contribution in [0.4, 0.5) is 11.4 Å². The first-order valence-corrected chi connectivity index (χ1v) is 11.8. The highest BCUT2D eigenvalue weighted by Gasteiger charge is 2.56. The van der Waals surface area contributed by atoms with E-state index in [1.165, 1.54) is 11.1 Å². The van der Waals surface area contributed by atoms with Crippen LogP contribution < -0.4 is 10.2 Å². The number of anilines is 2.